The van der Waals surface area contributed by atoms with Crippen molar-refractivity contribution in [3.63, 3.8) is 0 Å². The summed E-state index contributed by atoms with van der Waals surface area (Å²) in [6.07, 6.45) is 1.73. The lowest BCUT2D eigenvalue weighted by Gasteiger charge is -2.22. The first-order valence-corrected chi connectivity index (χ1v) is 8.57. The van der Waals surface area contributed by atoms with Crippen LogP contribution in [-0.2, 0) is 16.4 Å². The highest BCUT2D eigenvalue weighted by Gasteiger charge is 2.26. The molecule has 0 aliphatic rings. The van der Waals surface area contributed by atoms with Gasteiger partial charge in [-0.2, -0.15) is 0 Å². The Balaban J connectivity index is 2.06. The molecule has 0 spiro atoms. The van der Waals surface area contributed by atoms with Gasteiger partial charge in [-0.05, 0) is 47.1 Å². The van der Waals surface area contributed by atoms with Crippen molar-refractivity contribution in [1.29, 1.82) is 0 Å². The minimum absolute atomic E-state index is 0.114. The number of halogens is 1. The molecular weight excluding hydrogens is 358 g/mol. The van der Waals surface area contributed by atoms with Gasteiger partial charge in [0.05, 0.1) is 16.8 Å². The Morgan fingerprint density at radius 2 is 2.00 bits per heavy atom. The van der Waals surface area contributed by atoms with Crippen LogP contribution in [-0.4, -0.2) is 25.7 Å². The average Bonchev–Trinajstić information content (AvgIpc) is 2.89. The lowest BCUT2D eigenvalue weighted by molar-refractivity contribution is 0.0603. The molecule has 5 nitrogen and oxygen atoms in total. The van der Waals surface area contributed by atoms with Crippen LogP contribution in [0.3, 0.4) is 0 Å². The van der Waals surface area contributed by atoms with E-state index < -0.39 is 15.6 Å². The quantitative estimate of drug-likeness (QED) is 0.813. The van der Waals surface area contributed by atoms with Gasteiger partial charge in [-0.3, -0.25) is 0 Å². The van der Waals surface area contributed by atoms with Crippen LogP contribution in [0.15, 0.2) is 56.4 Å². The summed E-state index contributed by atoms with van der Waals surface area (Å²) in [5.74, 6) is 0.597. The molecule has 1 unspecified atom stereocenters. The molecule has 0 saturated heterocycles. The summed E-state index contributed by atoms with van der Waals surface area (Å²) in [7, 11) is -3.69. The minimum Gasteiger partial charge on any atom is -0.469 e. The number of aliphatic hydroxyl groups is 1. The molecule has 1 heterocycles. The fourth-order valence-corrected chi connectivity index (χ4v) is 4.00. The van der Waals surface area contributed by atoms with Gasteiger partial charge in [0.25, 0.3) is 0 Å². The SMILES string of the molecule is CC(O)(CNS(=O)(=O)c1ccccc1Br)Cc1ccco1. The van der Waals surface area contributed by atoms with E-state index >= 15 is 0 Å². The summed E-state index contributed by atoms with van der Waals surface area (Å²) >= 11 is 3.20. The van der Waals surface area contributed by atoms with Gasteiger partial charge in [-0.15, -0.1) is 0 Å². The molecule has 1 aromatic carbocycles. The Bertz CT molecular complexity index is 696. The van der Waals surface area contributed by atoms with E-state index in [2.05, 4.69) is 20.7 Å². The van der Waals surface area contributed by atoms with Gasteiger partial charge in [-0.25, -0.2) is 13.1 Å². The van der Waals surface area contributed by atoms with E-state index in [9.17, 15) is 13.5 Å². The van der Waals surface area contributed by atoms with E-state index in [0.29, 0.717) is 10.2 Å². The summed E-state index contributed by atoms with van der Waals surface area (Å²) < 4.78 is 32.5. The van der Waals surface area contributed by atoms with Crippen LogP contribution in [0.1, 0.15) is 12.7 Å². The molecule has 0 aliphatic carbocycles. The van der Waals surface area contributed by atoms with Crippen LogP contribution >= 0.6 is 15.9 Å². The molecule has 1 aromatic heterocycles. The molecule has 2 N–H and O–H groups in total. The fourth-order valence-electron chi connectivity index (χ4n) is 1.84. The monoisotopic (exact) mass is 373 g/mol. The van der Waals surface area contributed by atoms with Crippen LogP contribution in [0.4, 0.5) is 0 Å². The van der Waals surface area contributed by atoms with Gasteiger partial charge in [0.2, 0.25) is 10.0 Å². The zero-order valence-electron chi connectivity index (χ0n) is 11.4. The van der Waals surface area contributed by atoms with Gasteiger partial charge in [0, 0.05) is 17.4 Å². The predicted octanol–water partition coefficient (Wildman–Crippen LogP) is 2.31. The van der Waals surface area contributed by atoms with E-state index in [1.165, 1.54) is 12.3 Å². The number of hydrogen-bond acceptors (Lipinski definition) is 4. The number of nitrogens with one attached hydrogen (secondary N) is 1. The van der Waals surface area contributed by atoms with Crippen LogP contribution in [0, 0.1) is 0 Å². The van der Waals surface area contributed by atoms with Crippen molar-refractivity contribution in [1.82, 2.24) is 4.72 Å². The molecular formula is C14H16BrNO4S. The van der Waals surface area contributed by atoms with Crippen molar-refractivity contribution < 1.29 is 17.9 Å². The molecule has 21 heavy (non-hydrogen) atoms. The molecule has 2 rings (SSSR count). The summed E-state index contributed by atoms with van der Waals surface area (Å²) in [5.41, 5.74) is -1.24. The van der Waals surface area contributed by atoms with Crippen LogP contribution in [0.5, 0.6) is 0 Å². The molecule has 2 aromatic rings. The van der Waals surface area contributed by atoms with Crippen molar-refractivity contribution in [2.75, 3.05) is 6.54 Å². The molecule has 0 saturated carbocycles. The highest BCUT2D eigenvalue weighted by atomic mass is 79.9. The summed E-state index contributed by atoms with van der Waals surface area (Å²) in [5, 5.41) is 10.3. The maximum Gasteiger partial charge on any atom is 0.241 e. The number of hydrogen-bond donors (Lipinski definition) is 2. The fraction of sp³-hybridized carbons (Fsp3) is 0.286. The Labute approximate surface area is 132 Å². The maximum atomic E-state index is 12.2. The van der Waals surface area contributed by atoms with E-state index in [1.807, 2.05) is 0 Å². The van der Waals surface area contributed by atoms with E-state index in [0.717, 1.165) is 0 Å². The van der Waals surface area contributed by atoms with E-state index in [4.69, 9.17) is 4.42 Å². The second-order valence-electron chi connectivity index (χ2n) is 5.01. The van der Waals surface area contributed by atoms with Gasteiger partial charge in [0.15, 0.2) is 0 Å². The molecule has 0 radical (unpaired) electrons. The second-order valence-corrected chi connectivity index (χ2v) is 7.60. The van der Waals surface area contributed by atoms with Crippen LogP contribution in [0.2, 0.25) is 0 Å². The van der Waals surface area contributed by atoms with E-state index in [1.54, 1.807) is 37.3 Å². The molecule has 1 atom stereocenters. The van der Waals surface area contributed by atoms with Gasteiger partial charge >= 0.3 is 0 Å². The van der Waals surface area contributed by atoms with E-state index in [-0.39, 0.29) is 17.9 Å². The summed E-state index contributed by atoms with van der Waals surface area (Å²) in [6.45, 7) is 1.44. The lowest BCUT2D eigenvalue weighted by Crippen LogP contribution is -2.42. The number of benzene rings is 1. The van der Waals surface area contributed by atoms with Crippen molar-refractivity contribution in [3.8, 4) is 0 Å². The zero-order chi connectivity index (χ0) is 15.5. The normalized spacial score (nSPS) is 14.8. The van der Waals surface area contributed by atoms with Crippen LogP contribution < -0.4 is 4.72 Å². The van der Waals surface area contributed by atoms with Crippen LogP contribution in [0.25, 0.3) is 0 Å². The third-order valence-electron chi connectivity index (χ3n) is 2.90. The maximum absolute atomic E-state index is 12.2. The minimum atomic E-state index is -3.69. The standard InChI is InChI=1S/C14H16BrNO4S/c1-14(17,9-11-5-4-8-20-11)10-16-21(18,19)13-7-3-2-6-12(13)15/h2-8,16-17H,9-10H2,1H3. The van der Waals surface area contributed by atoms with Crippen molar-refractivity contribution in [2.24, 2.45) is 0 Å². The third-order valence-corrected chi connectivity index (χ3v) is 5.32. The molecule has 0 fully saturated rings. The topological polar surface area (TPSA) is 79.5 Å². The highest BCUT2D eigenvalue weighted by Crippen LogP contribution is 2.21. The Morgan fingerprint density at radius 3 is 2.62 bits per heavy atom. The van der Waals surface area contributed by atoms with Gasteiger partial charge < -0.3 is 9.52 Å². The second kappa shape index (κ2) is 6.31. The number of rotatable bonds is 6. The Hall–Kier alpha value is -1.15. The first-order chi connectivity index (χ1) is 9.80. The largest absolute Gasteiger partial charge is 0.469 e. The average molecular weight is 374 g/mol. The molecule has 0 amide bonds. The van der Waals surface area contributed by atoms with Crippen molar-refractivity contribution >= 4 is 26.0 Å². The molecule has 0 aliphatic heterocycles. The van der Waals surface area contributed by atoms with Gasteiger partial charge in [0.1, 0.15) is 5.76 Å². The molecule has 0 bridgehead atoms. The Morgan fingerprint density at radius 1 is 1.29 bits per heavy atom. The number of sulfonamides is 1. The van der Waals surface area contributed by atoms with Gasteiger partial charge in [-0.1, -0.05) is 12.1 Å². The van der Waals surface area contributed by atoms with Crippen molar-refractivity contribution in [3.05, 3.63) is 52.9 Å². The summed E-state index contributed by atoms with van der Waals surface area (Å²) in [6, 6.07) is 9.97. The smallest absolute Gasteiger partial charge is 0.241 e. The Kier molecular flexibility index (Phi) is 4.88. The molecule has 7 heteroatoms. The van der Waals surface area contributed by atoms with Crippen molar-refractivity contribution in [2.45, 2.75) is 23.8 Å². The first kappa shape index (κ1) is 16.2. The summed E-state index contributed by atoms with van der Waals surface area (Å²) in [4.78, 5) is 0.138. The number of furan rings is 1. The third kappa shape index (κ3) is 4.41. The molecule has 114 valence electrons. The zero-order valence-corrected chi connectivity index (χ0v) is 13.8. The highest BCUT2D eigenvalue weighted by molar-refractivity contribution is 9.10. The predicted molar refractivity (Wildman–Crippen MR) is 82.4 cm³/mol. The lowest BCUT2D eigenvalue weighted by atomic mass is 10.0. The first-order valence-electron chi connectivity index (χ1n) is 6.29.